The van der Waals surface area contributed by atoms with E-state index in [9.17, 15) is 0 Å². The van der Waals surface area contributed by atoms with Crippen LogP contribution in [0, 0.1) is 0 Å². The van der Waals surface area contributed by atoms with Crippen LogP contribution >= 0.6 is 0 Å². The molecule has 1 heterocycles. The Morgan fingerprint density at radius 1 is 0.778 bits per heavy atom. The average Bonchev–Trinajstić information content (AvgIpc) is 2.74. The number of rotatable bonds is 7. The number of ether oxygens (including phenoxy) is 4. The second-order valence-electron chi connectivity index (χ2n) is 6.42. The second kappa shape index (κ2) is 8.97. The molecule has 0 saturated carbocycles. The summed E-state index contributed by atoms with van der Waals surface area (Å²) in [6.45, 7) is 3.87. The van der Waals surface area contributed by atoms with Crippen LogP contribution in [0.25, 0.3) is 0 Å². The fourth-order valence-electron chi connectivity index (χ4n) is 3.60. The van der Waals surface area contributed by atoms with Gasteiger partial charge in [0.05, 0.1) is 34.5 Å². The SMILES string of the molecule is COc1ccc(C(c2cc(OC)c(OC)c(OC)c2)N2CCNCC2)cc1. The van der Waals surface area contributed by atoms with Gasteiger partial charge in [-0.3, -0.25) is 4.90 Å². The van der Waals surface area contributed by atoms with Gasteiger partial charge in [0.2, 0.25) is 5.75 Å². The van der Waals surface area contributed by atoms with E-state index in [0.717, 1.165) is 37.5 Å². The molecule has 1 aliphatic heterocycles. The molecule has 0 aromatic heterocycles. The van der Waals surface area contributed by atoms with Gasteiger partial charge >= 0.3 is 0 Å². The number of benzene rings is 2. The van der Waals surface area contributed by atoms with Crippen molar-refractivity contribution in [1.29, 1.82) is 0 Å². The number of hydrogen-bond donors (Lipinski definition) is 1. The fourth-order valence-corrected chi connectivity index (χ4v) is 3.60. The van der Waals surface area contributed by atoms with Gasteiger partial charge < -0.3 is 24.3 Å². The van der Waals surface area contributed by atoms with E-state index in [0.29, 0.717) is 17.2 Å². The van der Waals surface area contributed by atoms with E-state index in [1.807, 2.05) is 24.3 Å². The lowest BCUT2D eigenvalue weighted by Crippen LogP contribution is -2.45. The van der Waals surface area contributed by atoms with E-state index in [1.165, 1.54) is 5.56 Å². The van der Waals surface area contributed by atoms with Gasteiger partial charge in [0.1, 0.15) is 5.75 Å². The van der Waals surface area contributed by atoms with Gasteiger partial charge in [0.25, 0.3) is 0 Å². The molecule has 0 radical (unpaired) electrons. The monoisotopic (exact) mass is 372 g/mol. The fraction of sp³-hybridized carbons (Fsp3) is 0.429. The normalized spacial score (nSPS) is 15.9. The minimum atomic E-state index is 0.0895. The van der Waals surface area contributed by atoms with Gasteiger partial charge in [-0.2, -0.15) is 0 Å². The highest BCUT2D eigenvalue weighted by Gasteiger charge is 2.26. The van der Waals surface area contributed by atoms with Crippen molar-refractivity contribution in [3.05, 3.63) is 47.5 Å². The zero-order valence-corrected chi connectivity index (χ0v) is 16.5. The van der Waals surface area contributed by atoms with Crippen molar-refractivity contribution in [2.45, 2.75) is 6.04 Å². The average molecular weight is 372 g/mol. The first-order valence-electron chi connectivity index (χ1n) is 9.10. The minimum Gasteiger partial charge on any atom is -0.497 e. The topological polar surface area (TPSA) is 52.2 Å². The Bertz CT molecular complexity index is 717. The summed E-state index contributed by atoms with van der Waals surface area (Å²) in [7, 11) is 6.60. The van der Waals surface area contributed by atoms with Crippen LogP contribution in [0.5, 0.6) is 23.0 Å². The number of nitrogens with zero attached hydrogens (tertiary/aromatic N) is 1. The Morgan fingerprint density at radius 3 is 1.85 bits per heavy atom. The highest BCUT2D eigenvalue weighted by molar-refractivity contribution is 5.55. The summed E-state index contributed by atoms with van der Waals surface area (Å²) in [6.07, 6.45) is 0. The molecule has 0 aliphatic carbocycles. The first-order chi connectivity index (χ1) is 13.2. The second-order valence-corrected chi connectivity index (χ2v) is 6.42. The first-order valence-corrected chi connectivity index (χ1v) is 9.10. The van der Waals surface area contributed by atoms with Crippen molar-refractivity contribution < 1.29 is 18.9 Å². The molecule has 0 amide bonds. The van der Waals surface area contributed by atoms with E-state index >= 15 is 0 Å². The molecule has 0 bridgehead atoms. The molecule has 146 valence electrons. The standard InChI is InChI=1S/C21H28N2O4/c1-24-17-7-5-15(6-8-17)20(23-11-9-22-10-12-23)16-13-18(25-2)21(27-4)19(14-16)26-3/h5-8,13-14,20,22H,9-12H2,1-4H3. The number of piperazine rings is 1. The zero-order valence-electron chi connectivity index (χ0n) is 16.5. The molecule has 1 unspecified atom stereocenters. The third-order valence-corrected chi connectivity index (χ3v) is 4.95. The maximum Gasteiger partial charge on any atom is 0.203 e. The Hall–Kier alpha value is -2.44. The molecular formula is C21H28N2O4. The van der Waals surface area contributed by atoms with E-state index in [-0.39, 0.29) is 6.04 Å². The molecule has 1 aliphatic rings. The van der Waals surface area contributed by atoms with Crippen LogP contribution in [0.4, 0.5) is 0 Å². The van der Waals surface area contributed by atoms with Crippen molar-refractivity contribution >= 4 is 0 Å². The third-order valence-electron chi connectivity index (χ3n) is 4.95. The predicted octanol–water partition coefficient (Wildman–Crippen LogP) is 2.72. The summed E-state index contributed by atoms with van der Waals surface area (Å²) in [5, 5.41) is 3.42. The van der Waals surface area contributed by atoms with Crippen molar-refractivity contribution in [2.75, 3.05) is 54.6 Å². The van der Waals surface area contributed by atoms with Crippen LogP contribution in [0.15, 0.2) is 36.4 Å². The summed E-state index contributed by atoms with van der Waals surface area (Å²) >= 11 is 0. The highest BCUT2D eigenvalue weighted by Crippen LogP contribution is 2.42. The highest BCUT2D eigenvalue weighted by atomic mass is 16.5. The van der Waals surface area contributed by atoms with E-state index in [2.05, 4.69) is 22.3 Å². The van der Waals surface area contributed by atoms with E-state index < -0.39 is 0 Å². The lowest BCUT2D eigenvalue weighted by molar-refractivity contribution is 0.197. The van der Waals surface area contributed by atoms with Gasteiger partial charge in [-0.25, -0.2) is 0 Å². The molecule has 0 spiro atoms. The minimum absolute atomic E-state index is 0.0895. The molecule has 2 aromatic rings. The summed E-state index contributed by atoms with van der Waals surface area (Å²) in [6, 6.07) is 12.4. The zero-order chi connectivity index (χ0) is 19.2. The molecule has 1 fully saturated rings. The third kappa shape index (κ3) is 4.12. The van der Waals surface area contributed by atoms with Crippen molar-refractivity contribution in [3.8, 4) is 23.0 Å². The number of hydrogen-bond acceptors (Lipinski definition) is 6. The molecule has 1 N–H and O–H groups in total. The molecule has 6 nitrogen and oxygen atoms in total. The van der Waals surface area contributed by atoms with Gasteiger partial charge in [-0.1, -0.05) is 12.1 Å². The van der Waals surface area contributed by atoms with Crippen LogP contribution in [0.2, 0.25) is 0 Å². The van der Waals surface area contributed by atoms with Gasteiger partial charge in [0, 0.05) is 26.2 Å². The van der Waals surface area contributed by atoms with Crippen LogP contribution in [-0.2, 0) is 0 Å². The predicted molar refractivity (Wildman–Crippen MR) is 105 cm³/mol. The molecule has 2 aromatic carbocycles. The number of methoxy groups -OCH3 is 4. The van der Waals surface area contributed by atoms with E-state index in [4.69, 9.17) is 18.9 Å². The first kappa shape index (κ1) is 19.3. The van der Waals surface area contributed by atoms with Crippen LogP contribution in [-0.4, -0.2) is 59.5 Å². The summed E-state index contributed by atoms with van der Waals surface area (Å²) in [4.78, 5) is 2.47. The molecular weight excluding hydrogens is 344 g/mol. The molecule has 27 heavy (non-hydrogen) atoms. The molecule has 1 saturated heterocycles. The Kier molecular flexibility index (Phi) is 6.42. The Labute approximate surface area is 161 Å². The molecule has 6 heteroatoms. The summed E-state index contributed by atoms with van der Waals surface area (Å²) in [5.74, 6) is 2.79. The van der Waals surface area contributed by atoms with Crippen LogP contribution < -0.4 is 24.3 Å². The van der Waals surface area contributed by atoms with Crippen molar-refractivity contribution in [2.24, 2.45) is 0 Å². The van der Waals surface area contributed by atoms with Crippen molar-refractivity contribution in [1.82, 2.24) is 10.2 Å². The van der Waals surface area contributed by atoms with Gasteiger partial charge in [-0.05, 0) is 35.4 Å². The van der Waals surface area contributed by atoms with E-state index in [1.54, 1.807) is 28.4 Å². The Morgan fingerprint density at radius 2 is 1.37 bits per heavy atom. The lowest BCUT2D eigenvalue weighted by Gasteiger charge is -2.36. The van der Waals surface area contributed by atoms with Gasteiger partial charge in [-0.15, -0.1) is 0 Å². The van der Waals surface area contributed by atoms with Gasteiger partial charge in [0.15, 0.2) is 11.5 Å². The smallest absolute Gasteiger partial charge is 0.203 e. The van der Waals surface area contributed by atoms with Crippen LogP contribution in [0.1, 0.15) is 17.2 Å². The quantitative estimate of drug-likeness (QED) is 0.807. The number of nitrogens with one attached hydrogen (secondary N) is 1. The summed E-state index contributed by atoms with van der Waals surface area (Å²) in [5.41, 5.74) is 2.31. The summed E-state index contributed by atoms with van der Waals surface area (Å²) < 4.78 is 22.0. The molecule has 1 atom stereocenters. The maximum atomic E-state index is 5.57. The Balaban J connectivity index is 2.08. The lowest BCUT2D eigenvalue weighted by atomic mass is 9.95. The maximum absolute atomic E-state index is 5.57. The van der Waals surface area contributed by atoms with Crippen molar-refractivity contribution in [3.63, 3.8) is 0 Å². The van der Waals surface area contributed by atoms with Crippen LogP contribution in [0.3, 0.4) is 0 Å². The molecule has 3 rings (SSSR count). The largest absolute Gasteiger partial charge is 0.497 e.